The fourth-order valence-electron chi connectivity index (χ4n) is 5.92. The van der Waals surface area contributed by atoms with Crippen LogP contribution in [-0.4, -0.2) is 9.55 Å². The summed E-state index contributed by atoms with van der Waals surface area (Å²) >= 11 is 0. The predicted octanol–water partition coefficient (Wildman–Crippen LogP) is 10.1. The second kappa shape index (κ2) is 12.1. The van der Waals surface area contributed by atoms with Crippen LogP contribution in [0, 0.1) is 18.8 Å². The van der Waals surface area contributed by atoms with Crippen LogP contribution in [-0.2, 0) is 31.9 Å². The predicted molar refractivity (Wildman–Crippen MR) is 185 cm³/mol. The van der Waals surface area contributed by atoms with Gasteiger partial charge in [-0.3, -0.25) is 0 Å². The second-order valence-electron chi connectivity index (χ2n) is 13.6. The summed E-state index contributed by atoms with van der Waals surface area (Å²) in [6, 6.07) is 38.3. The Bertz CT molecular complexity index is 2060. The maximum Gasteiger partial charge on any atom is 0.135 e. The van der Waals surface area contributed by atoms with Crippen molar-refractivity contribution in [2.24, 2.45) is 0 Å². The number of anilines is 2. The molecule has 0 saturated carbocycles. The number of hydrogen-bond acceptors (Lipinski definition) is 4. The number of pyridine rings is 1. The van der Waals surface area contributed by atoms with E-state index in [-0.39, 0.29) is 31.9 Å². The molecular formula is C40H37N4OPt-3. The molecule has 1 aliphatic heterocycles. The van der Waals surface area contributed by atoms with E-state index >= 15 is 0 Å². The quantitative estimate of drug-likeness (QED) is 0.163. The summed E-state index contributed by atoms with van der Waals surface area (Å²) in [7, 11) is 0. The zero-order valence-electron chi connectivity index (χ0n) is 27.0. The van der Waals surface area contributed by atoms with Crippen molar-refractivity contribution in [1.82, 2.24) is 9.55 Å². The molecule has 0 aliphatic carbocycles. The maximum atomic E-state index is 6.40. The van der Waals surface area contributed by atoms with E-state index in [1.54, 1.807) is 0 Å². The van der Waals surface area contributed by atoms with Crippen molar-refractivity contribution in [3.8, 4) is 17.3 Å². The molecule has 0 bridgehead atoms. The van der Waals surface area contributed by atoms with Crippen LogP contribution in [0.15, 0.2) is 110 Å². The van der Waals surface area contributed by atoms with Gasteiger partial charge < -0.3 is 19.1 Å². The normalized spacial score (nSPS) is 13.4. The van der Waals surface area contributed by atoms with Crippen molar-refractivity contribution < 1.29 is 25.8 Å². The second-order valence-corrected chi connectivity index (χ2v) is 13.6. The van der Waals surface area contributed by atoms with Gasteiger partial charge in [-0.25, -0.2) is 4.98 Å². The Morgan fingerprint density at radius 2 is 1.43 bits per heavy atom. The molecule has 0 atom stereocenters. The average Bonchev–Trinajstić information content (AvgIpc) is 3.64. The summed E-state index contributed by atoms with van der Waals surface area (Å²) in [5.41, 5.74) is 6.61. The Balaban J connectivity index is 0.00000372. The molecule has 2 aromatic heterocycles. The monoisotopic (exact) mass is 784 g/mol. The number of rotatable bonds is 5. The van der Waals surface area contributed by atoms with Crippen molar-refractivity contribution in [3.05, 3.63) is 140 Å². The van der Waals surface area contributed by atoms with Gasteiger partial charge in [0.05, 0.1) is 0 Å². The first-order valence-electron chi connectivity index (χ1n) is 15.4. The SMILES string of the molecule is CC(C)(C)c1ccnc(-n2c3[c-]c(Oc4[c-]c(N5C=CN(c6ccccc6C(C)(C)C)[CH-]5)ccc4)ccc3c3ccccc32)c1.[Pt]. The van der Waals surface area contributed by atoms with Gasteiger partial charge in [0.15, 0.2) is 0 Å². The van der Waals surface area contributed by atoms with Crippen molar-refractivity contribution in [3.63, 3.8) is 0 Å². The first kappa shape index (κ1) is 31.6. The van der Waals surface area contributed by atoms with E-state index in [1.807, 2.05) is 36.7 Å². The fourth-order valence-corrected chi connectivity index (χ4v) is 5.92. The number of aromatic nitrogens is 2. The third kappa shape index (κ3) is 5.97. The van der Waals surface area contributed by atoms with Gasteiger partial charge in [-0.15, -0.1) is 48.1 Å². The molecule has 46 heavy (non-hydrogen) atoms. The van der Waals surface area contributed by atoms with Crippen molar-refractivity contribution >= 4 is 33.2 Å². The van der Waals surface area contributed by atoms with Crippen LogP contribution < -0.4 is 14.5 Å². The molecule has 5 nitrogen and oxygen atoms in total. The van der Waals surface area contributed by atoms with Crippen LogP contribution in [0.3, 0.4) is 0 Å². The van der Waals surface area contributed by atoms with Gasteiger partial charge in [0.2, 0.25) is 0 Å². The molecular weight excluding hydrogens is 748 g/mol. The Labute approximate surface area is 286 Å². The van der Waals surface area contributed by atoms with E-state index in [4.69, 9.17) is 9.72 Å². The van der Waals surface area contributed by atoms with Crippen LogP contribution in [0.1, 0.15) is 52.7 Å². The molecule has 4 aromatic carbocycles. The molecule has 7 rings (SSSR count). The van der Waals surface area contributed by atoms with E-state index in [9.17, 15) is 0 Å². The molecule has 236 valence electrons. The Kier molecular flexibility index (Phi) is 8.33. The number of hydrogen-bond donors (Lipinski definition) is 0. The smallest absolute Gasteiger partial charge is 0.135 e. The number of ether oxygens (including phenoxy) is 1. The van der Waals surface area contributed by atoms with Crippen LogP contribution >= 0.6 is 0 Å². The molecule has 0 N–H and O–H groups in total. The van der Waals surface area contributed by atoms with Crippen LogP contribution in [0.4, 0.5) is 11.4 Å². The van der Waals surface area contributed by atoms with Gasteiger partial charge in [-0.2, -0.15) is 12.1 Å². The van der Waals surface area contributed by atoms with Crippen LogP contribution in [0.25, 0.3) is 27.6 Å². The van der Waals surface area contributed by atoms with Crippen molar-refractivity contribution in [1.29, 1.82) is 0 Å². The van der Waals surface area contributed by atoms with Gasteiger partial charge >= 0.3 is 0 Å². The molecule has 6 aromatic rings. The van der Waals surface area contributed by atoms with E-state index in [0.29, 0.717) is 11.5 Å². The Hall–Kier alpha value is -4.34. The molecule has 0 spiro atoms. The molecule has 0 fully saturated rings. The largest absolute Gasteiger partial charge is 0.509 e. The van der Waals surface area contributed by atoms with Crippen LogP contribution in [0.5, 0.6) is 11.5 Å². The van der Waals surface area contributed by atoms with Gasteiger partial charge in [-0.05, 0) is 64.0 Å². The fraction of sp³-hybridized carbons (Fsp3) is 0.200. The molecule has 0 saturated heterocycles. The molecule has 0 radical (unpaired) electrons. The zero-order chi connectivity index (χ0) is 31.3. The van der Waals surface area contributed by atoms with E-state index in [0.717, 1.165) is 39.0 Å². The van der Waals surface area contributed by atoms with Gasteiger partial charge in [-0.1, -0.05) is 83.5 Å². The number of fused-ring (bicyclic) bond motifs is 3. The summed E-state index contributed by atoms with van der Waals surface area (Å²) < 4.78 is 8.59. The topological polar surface area (TPSA) is 33.5 Å². The van der Waals surface area contributed by atoms with Gasteiger partial charge in [0.1, 0.15) is 5.82 Å². The Morgan fingerprint density at radius 3 is 2.24 bits per heavy atom. The maximum absolute atomic E-state index is 6.40. The molecule has 6 heteroatoms. The minimum atomic E-state index is 0. The number of nitrogens with zero attached hydrogens (tertiary/aromatic N) is 4. The zero-order valence-corrected chi connectivity index (χ0v) is 29.3. The summed E-state index contributed by atoms with van der Waals surface area (Å²) in [5, 5.41) is 2.26. The third-order valence-corrected chi connectivity index (χ3v) is 8.28. The molecule has 0 unspecified atom stereocenters. The molecule has 3 heterocycles. The summed E-state index contributed by atoms with van der Waals surface area (Å²) in [6.45, 7) is 15.5. The summed E-state index contributed by atoms with van der Waals surface area (Å²) in [6.07, 6.45) is 6.02. The van der Waals surface area contributed by atoms with Crippen molar-refractivity contribution in [2.45, 2.75) is 52.4 Å². The standard InChI is InChI=1S/C40H37N4O.Pt/c1-39(2,3)28-20-21-41-38(24-28)44-35-16-9-7-14-32(35)33-19-18-31(26-37(33)44)45-30-13-11-12-29(25-30)42-22-23-43(27-42)36-17-10-8-15-34(36)40(4,5)6;/h7-24,27H,1-6H3;/q-3;. The van der Waals surface area contributed by atoms with E-state index in [2.05, 4.69) is 148 Å². The molecule has 1 aliphatic rings. The third-order valence-electron chi connectivity index (χ3n) is 8.28. The number of benzene rings is 4. The van der Waals surface area contributed by atoms with Crippen molar-refractivity contribution in [2.75, 3.05) is 9.80 Å². The first-order valence-corrected chi connectivity index (χ1v) is 15.4. The van der Waals surface area contributed by atoms with E-state index < -0.39 is 0 Å². The summed E-state index contributed by atoms with van der Waals surface area (Å²) in [5.74, 6) is 2.10. The van der Waals surface area contributed by atoms with E-state index in [1.165, 1.54) is 11.1 Å². The van der Waals surface area contributed by atoms with Gasteiger partial charge in [0.25, 0.3) is 0 Å². The van der Waals surface area contributed by atoms with Gasteiger partial charge in [0, 0.05) is 50.0 Å². The minimum Gasteiger partial charge on any atom is -0.509 e. The first-order chi connectivity index (χ1) is 21.6. The summed E-state index contributed by atoms with van der Waals surface area (Å²) in [4.78, 5) is 9.01. The molecule has 0 amide bonds. The number of para-hydroxylation sites is 2. The minimum absolute atomic E-state index is 0. The average molecular weight is 785 g/mol. The Morgan fingerprint density at radius 1 is 0.696 bits per heavy atom. The van der Waals surface area contributed by atoms with Crippen LogP contribution in [0.2, 0.25) is 0 Å².